The first-order valence-electron chi connectivity index (χ1n) is 15.6. The van der Waals surface area contributed by atoms with Crippen LogP contribution in [-0.2, 0) is 27.2 Å². The summed E-state index contributed by atoms with van der Waals surface area (Å²) in [6, 6.07) is 11.8. The third kappa shape index (κ3) is 10.4. The van der Waals surface area contributed by atoms with E-state index in [1.807, 2.05) is 25.1 Å². The Hall–Kier alpha value is -2.42. The van der Waals surface area contributed by atoms with Crippen LogP contribution < -0.4 is 16.4 Å². The molecule has 0 aromatic heterocycles. The van der Waals surface area contributed by atoms with Crippen molar-refractivity contribution in [2.24, 2.45) is 5.92 Å². The van der Waals surface area contributed by atoms with Crippen LogP contribution in [0.15, 0.2) is 40.9 Å². The molecule has 0 heterocycles. The quantitative estimate of drug-likeness (QED) is 0.104. The van der Waals surface area contributed by atoms with E-state index in [1.54, 1.807) is 6.07 Å². The van der Waals surface area contributed by atoms with Gasteiger partial charge in [-0.2, -0.15) is 0 Å². The molecule has 232 valence electrons. The van der Waals surface area contributed by atoms with Crippen molar-refractivity contribution in [2.45, 2.75) is 97.1 Å². The minimum Gasteiger partial charge on any atom is -0.465 e. The number of rotatable bonds is 16. The average Bonchev–Trinajstić information content (AvgIpc) is 2.99. The normalized spacial score (nSPS) is 15.4. The molecule has 7 nitrogen and oxygen atoms in total. The lowest BCUT2D eigenvalue weighted by Crippen LogP contribution is -2.45. The topological polar surface area (TPSA) is 103 Å². The van der Waals surface area contributed by atoms with Crippen molar-refractivity contribution in [3.8, 4) is 0 Å². The van der Waals surface area contributed by atoms with Crippen molar-refractivity contribution in [3.63, 3.8) is 0 Å². The first-order chi connectivity index (χ1) is 20.1. The van der Waals surface area contributed by atoms with Crippen molar-refractivity contribution in [2.75, 3.05) is 32.0 Å². The molecule has 0 saturated heterocycles. The van der Waals surface area contributed by atoms with Crippen molar-refractivity contribution < 1.29 is 19.1 Å². The fourth-order valence-corrected chi connectivity index (χ4v) is 6.08. The van der Waals surface area contributed by atoms with E-state index in [0.717, 1.165) is 24.0 Å². The summed E-state index contributed by atoms with van der Waals surface area (Å²) in [5.74, 6) is -0.282. The molecule has 0 bridgehead atoms. The molecule has 1 atom stereocenters. The van der Waals surface area contributed by atoms with Crippen LogP contribution in [0.3, 0.4) is 0 Å². The second-order valence-corrected chi connectivity index (χ2v) is 12.9. The van der Waals surface area contributed by atoms with Gasteiger partial charge < -0.3 is 25.8 Å². The fraction of sp³-hybridized carbons (Fsp3) is 0.588. The molecule has 4 N–H and O–H groups in total. The second kappa shape index (κ2) is 17.0. The predicted octanol–water partition coefficient (Wildman–Crippen LogP) is 6.92. The number of benzene rings is 2. The zero-order valence-corrected chi connectivity index (χ0v) is 27.5. The van der Waals surface area contributed by atoms with Crippen LogP contribution in [0.4, 0.5) is 5.69 Å². The Balaban J connectivity index is 1.34. The van der Waals surface area contributed by atoms with Gasteiger partial charge in [-0.3, -0.25) is 4.79 Å². The molecule has 0 spiro atoms. The lowest BCUT2D eigenvalue weighted by molar-refractivity contribution is -0.145. The van der Waals surface area contributed by atoms with Gasteiger partial charge >= 0.3 is 11.9 Å². The van der Waals surface area contributed by atoms with E-state index in [0.29, 0.717) is 54.3 Å². The summed E-state index contributed by atoms with van der Waals surface area (Å²) in [5.41, 5.74) is 10.8. The van der Waals surface area contributed by atoms with Gasteiger partial charge in [0, 0.05) is 23.1 Å². The predicted molar refractivity (Wildman–Crippen MR) is 174 cm³/mol. The van der Waals surface area contributed by atoms with E-state index in [9.17, 15) is 9.59 Å². The molecular weight excluding hydrogens is 594 g/mol. The Morgan fingerprint density at radius 2 is 1.71 bits per heavy atom. The van der Waals surface area contributed by atoms with Gasteiger partial charge in [0.05, 0.1) is 23.8 Å². The number of hydrogen-bond acceptors (Lipinski definition) is 7. The maximum Gasteiger partial charge on any atom is 0.338 e. The van der Waals surface area contributed by atoms with Gasteiger partial charge in [-0.15, -0.1) is 0 Å². The zero-order chi connectivity index (χ0) is 30.5. The molecule has 1 fully saturated rings. The first-order valence-corrected chi connectivity index (χ1v) is 16.4. The highest BCUT2D eigenvalue weighted by Gasteiger charge is 2.29. The van der Waals surface area contributed by atoms with Crippen molar-refractivity contribution in [1.82, 2.24) is 10.6 Å². The zero-order valence-electron chi connectivity index (χ0n) is 25.9. The van der Waals surface area contributed by atoms with Crippen molar-refractivity contribution >= 4 is 33.6 Å². The summed E-state index contributed by atoms with van der Waals surface area (Å²) in [6.07, 6.45) is 8.94. The Bertz CT molecular complexity index is 1150. The fourth-order valence-electron chi connectivity index (χ4n) is 5.57. The highest BCUT2D eigenvalue weighted by molar-refractivity contribution is 9.10. The Morgan fingerprint density at radius 1 is 1.00 bits per heavy atom. The number of halogens is 1. The Labute approximate surface area is 260 Å². The third-order valence-corrected chi connectivity index (χ3v) is 8.98. The Morgan fingerprint density at radius 3 is 2.38 bits per heavy atom. The summed E-state index contributed by atoms with van der Waals surface area (Å²) in [6.45, 7) is 10.9. The number of nitrogens with one attached hydrogen (secondary N) is 2. The van der Waals surface area contributed by atoms with Crippen LogP contribution in [0.1, 0.15) is 106 Å². The molecule has 42 heavy (non-hydrogen) atoms. The van der Waals surface area contributed by atoms with E-state index in [1.165, 1.54) is 37.7 Å². The smallest absolute Gasteiger partial charge is 0.338 e. The third-order valence-electron chi connectivity index (χ3n) is 8.32. The molecule has 1 aliphatic rings. The van der Waals surface area contributed by atoms with Crippen LogP contribution in [0.5, 0.6) is 0 Å². The van der Waals surface area contributed by atoms with Gasteiger partial charge in [0.15, 0.2) is 0 Å². The summed E-state index contributed by atoms with van der Waals surface area (Å²) in [5, 5.41) is 6.99. The molecule has 2 aromatic rings. The maximum atomic E-state index is 12.8. The van der Waals surface area contributed by atoms with E-state index in [-0.39, 0.29) is 30.0 Å². The number of nitrogens with two attached hydrogens (primary N) is 1. The summed E-state index contributed by atoms with van der Waals surface area (Å²) in [4.78, 5) is 25.2. The number of carbonyl (C=O) groups excluding carboxylic acids is 2. The van der Waals surface area contributed by atoms with Gasteiger partial charge in [-0.05, 0) is 96.2 Å². The molecule has 1 saturated carbocycles. The van der Waals surface area contributed by atoms with Crippen LogP contribution in [-0.4, -0.2) is 43.8 Å². The number of nitrogen functional groups attached to an aromatic ring is 1. The number of ether oxygens (including phenoxy) is 2. The molecule has 2 aromatic carbocycles. The van der Waals surface area contributed by atoms with Crippen LogP contribution in [0, 0.1) is 5.92 Å². The first kappa shape index (κ1) is 34.1. The largest absolute Gasteiger partial charge is 0.465 e. The lowest BCUT2D eigenvalue weighted by atomic mass is 9.79. The molecule has 1 aliphatic carbocycles. The lowest BCUT2D eigenvalue weighted by Gasteiger charge is -2.38. The summed E-state index contributed by atoms with van der Waals surface area (Å²) in [7, 11) is 0. The van der Waals surface area contributed by atoms with Crippen molar-refractivity contribution in [3.05, 3.63) is 63.1 Å². The van der Waals surface area contributed by atoms with Gasteiger partial charge in [0.25, 0.3) is 0 Å². The van der Waals surface area contributed by atoms with Crippen LogP contribution in [0.2, 0.25) is 0 Å². The average molecular weight is 645 g/mol. The molecule has 0 amide bonds. The number of hydrogen-bond donors (Lipinski definition) is 3. The standard InChI is InChI=1S/C34H50BrN3O4/c1-5-34(14-7-6-8-15-34)38-23-29-21-28(22-30(35)31(29)36)33(40)42-19-17-37-16-9-18-41-32(39)25(4)27-12-10-26(11-13-27)20-24(2)3/h10-13,21-22,24-25,37-38H,5-9,14-20,23,36H2,1-4H3. The Kier molecular flexibility index (Phi) is 13.8. The van der Waals surface area contributed by atoms with Gasteiger partial charge in [-0.25, -0.2) is 4.79 Å². The molecule has 8 heteroatoms. The monoisotopic (exact) mass is 643 g/mol. The molecule has 1 unspecified atom stereocenters. The minimum atomic E-state index is -0.373. The van der Waals surface area contributed by atoms with Crippen LogP contribution >= 0.6 is 15.9 Å². The van der Waals surface area contributed by atoms with Gasteiger partial charge in [-0.1, -0.05) is 64.3 Å². The summed E-state index contributed by atoms with van der Waals surface area (Å²) >= 11 is 3.51. The molecule has 0 aliphatic heterocycles. The highest BCUT2D eigenvalue weighted by atomic mass is 79.9. The van der Waals surface area contributed by atoms with E-state index >= 15 is 0 Å². The number of anilines is 1. The molecule has 3 rings (SSSR count). The minimum absolute atomic E-state index is 0.148. The maximum absolute atomic E-state index is 12.8. The van der Waals surface area contributed by atoms with Crippen LogP contribution in [0.25, 0.3) is 0 Å². The SMILES string of the molecule is CCC1(NCc2cc(C(=O)OCCNCCCOC(=O)C(C)c3ccc(CC(C)C)cc3)cc(Br)c2N)CCCCC1. The van der Waals surface area contributed by atoms with Gasteiger partial charge in [0.2, 0.25) is 0 Å². The molecular formula is C34H50BrN3O4. The molecule has 0 radical (unpaired) electrons. The number of esters is 2. The number of carbonyl (C=O) groups is 2. The van der Waals surface area contributed by atoms with E-state index in [4.69, 9.17) is 15.2 Å². The summed E-state index contributed by atoms with van der Waals surface area (Å²) < 4.78 is 11.7. The second-order valence-electron chi connectivity index (χ2n) is 12.0. The van der Waals surface area contributed by atoms with Gasteiger partial charge in [0.1, 0.15) is 6.61 Å². The van der Waals surface area contributed by atoms with E-state index in [2.05, 4.69) is 59.5 Å². The highest BCUT2D eigenvalue weighted by Crippen LogP contribution is 2.32. The van der Waals surface area contributed by atoms with Crippen molar-refractivity contribution in [1.29, 1.82) is 0 Å². The van der Waals surface area contributed by atoms with E-state index < -0.39 is 0 Å².